The molecule has 1 aromatic carbocycles. The van der Waals surface area contributed by atoms with Crippen molar-refractivity contribution in [2.24, 2.45) is 0 Å². The summed E-state index contributed by atoms with van der Waals surface area (Å²) in [4.78, 5) is 30.1. The van der Waals surface area contributed by atoms with Crippen LogP contribution in [0.2, 0.25) is 0 Å². The molecule has 3 aromatic rings. The second-order valence-corrected chi connectivity index (χ2v) is 7.53. The summed E-state index contributed by atoms with van der Waals surface area (Å²) in [6.45, 7) is 6.14. The van der Waals surface area contributed by atoms with E-state index in [4.69, 9.17) is 9.47 Å². The predicted molar refractivity (Wildman–Crippen MR) is 113 cm³/mol. The van der Waals surface area contributed by atoms with Crippen LogP contribution in [0, 0.1) is 13.8 Å². The van der Waals surface area contributed by atoms with Crippen molar-refractivity contribution in [3.63, 3.8) is 0 Å². The average molecular weight is 423 g/mol. The van der Waals surface area contributed by atoms with Crippen molar-refractivity contribution < 1.29 is 14.3 Å². The van der Waals surface area contributed by atoms with E-state index >= 15 is 0 Å². The number of aryl methyl sites for hydroxylation is 3. The number of benzene rings is 1. The lowest BCUT2D eigenvalue weighted by Gasteiger charge is -2.14. The van der Waals surface area contributed by atoms with Crippen molar-refractivity contribution in [2.75, 3.05) is 6.79 Å². The van der Waals surface area contributed by atoms with Crippen molar-refractivity contribution in [3.8, 4) is 17.4 Å². The molecule has 0 saturated heterocycles. The van der Waals surface area contributed by atoms with E-state index in [1.165, 1.54) is 10.6 Å². The van der Waals surface area contributed by atoms with Crippen molar-refractivity contribution in [3.05, 3.63) is 63.3 Å². The number of carbonyl (C=O) groups is 1. The lowest BCUT2D eigenvalue weighted by molar-refractivity contribution is -0.121. The number of hydrogen-bond acceptors (Lipinski definition) is 6. The third-order valence-electron chi connectivity index (χ3n) is 4.97. The zero-order valence-corrected chi connectivity index (χ0v) is 17.8. The number of nitrogens with zero attached hydrogens (tertiary/aromatic N) is 4. The summed E-state index contributed by atoms with van der Waals surface area (Å²) < 4.78 is 13.6. The lowest BCUT2D eigenvalue weighted by atomic mass is 10.2. The third-order valence-corrected chi connectivity index (χ3v) is 4.97. The number of ether oxygens (including phenoxy) is 2. The molecule has 0 fully saturated rings. The Hall–Kier alpha value is -3.62. The Balaban J connectivity index is 1.56. The van der Waals surface area contributed by atoms with Crippen LogP contribution in [-0.2, 0) is 24.3 Å². The van der Waals surface area contributed by atoms with Crippen LogP contribution < -0.4 is 20.3 Å². The standard InChI is InChI=1S/C22H25N5O4/c1-4-5-17-10-21(29)26(22(24-17)27-15(3)8-14(2)25-27)12-20(28)23-11-16-6-7-18-19(9-16)31-13-30-18/h6-10H,4-5,11-13H2,1-3H3,(H,23,28). The highest BCUT2D eigenvalue weighted by molar-refractivity contribution is 5.76. The molecule has 1 N–H and O–H groups in total. The SMILES string of the molecule is CCCc1cc(=O)n(CC(=O)NCc2ccc3c(c2)OCO3)c(-n2nc(C)cc2C)n1. The van der Waals surface area contributed by atoms with Crippen LogP contribution in [0.1, 0.15) is 36.0 Å². The quantitative estimate of drug-likeness (QED) is 0.624. The molecule has 0 unspecified atom stereocenters. The number of nitrogens with one attached hydrogen (secondary N) is 1. The molecule has 0 aliphatic carbocycles. The van der Waals surface area contributed by atoms with Crippen molar-refractivity contribution in [1.29, 1.82) is 0 Å². The van der Waals surface area contributed by atoms with Crippen LogP contribution >= 0.6 is 0 Å². The van der Waals surface area contributed by atoms with Crippen molar-refractivity contribution >= 4 is 5.91 Å². The van der Waals surface area contributed by atoms with Crippen LogP contribution in [0.25, 0.3) is 5.95 Å². The number of amides is 1. The van der Waals surface area contributed by atoms with Gasteiger partial charge in [-0.3, -0.25) is 14.2 Å². The molecular formula is C22H25N5O4. The highest BCUT2D eigenvalue weighted by Crippen LogP contribution is 2.32. The molecule has 0 radical (unpaired) electrons. The van der Waals surface area contributed by atoms with Gasteiger partial charge in [0.15, 0.2) is 11.5 Å². The smallest absolute Gasteiger partial charge is 0.255 e. The van der Waals surface area contributed by atoms with E-state index in [9.17, 15) is 9.59 Å². The molecule has 1 amide bonds. The molecule has 1 aliphatic rings. The minimum absolute atomic E-state index is 0.156. The molecule has 1 aliphatic heterocycles. The number of rotatable bonds is 7. The zero-order valence-electron chi connectivity index (χ0n) is 17.8. The van der Waals surface area contributed by atoms with Gasteiger partial charge >= 0.3 is 0 Å². The topological polar surface area (TPSA) is 100 Å². The van der Waals surface area contributed by atoms with Gasteiger partial charge in [-0.2, -0.15) is 5.10 Å². The first-order valence-electron chi connectivity index (χ1n) is 10.2. The molecule has 0 saturated carbocycles. The summed E-state index contributed by atoms with van der Waals surface area (Å²) in [5.41, 5.74) is 2.94. The number of aromatic nitrogens is 4. The van der Waals surface area contributed by atoms with Gasteiger partial charge in [0.25, 0.3) is 5.56 Å². The van der Waals surface area contributed by atoms with Gasteiger partial charge < -0.3 is 14.8 Å². The van der Waals surface area contributed by atoms with Gasteiger partial charge in [0, 0.05) is 24.0 Å². The van der Waals surface area contributed by atoms with E-state index in [0.717, 1.165) is 23.4 Å². The summed E-state index contributed by atoms with van der Waals surface area (Å²) in [7, 11) is 0. The second-order valence-electron chi connectivity index (χ2n) is 7.53. The molecule has 0 bridgehead atoms. The van der Waals surface area contributed by atoms with E-state index < -0.39 is 0 Å². The molecule has 9 heteroatoms. The van der Waals surface area contributed by atoms with E-state index in [1.807, 2.05) is 45.0 Å². The maximum atomic E-state index is 12.8. The number of hydrogen-bond donors (Lipinski definition) is 1. The van der Waals surface area contributed by atoms with E-state index in [0.29, 0.717) is 36.1 Å². The Morgan fingerprint density at radius 3 is 2.71 bits per heavy atom. The first-order valence-corrected chi connectivity index (χ1v) is 10.2. The third kappa shape index (κ3) is 4.45. The van der Waals surface area contributed by atoms with Crippen molar-refractivity contribution in [1.82, 2.24) is 24.6 Å². The van der Waals surface area contributed by atoms with E-state index in [1.54, 1.807) is 4.68 Å². The van der Waals surface area contributed by atoms with Crippen molar-refractivity contribution in [2.45, 2.75) is 46.7 Å². The van der Waals surface area contributed by atoms with Gasteiger partial charge in [-0.05, 0) is 44.0 Å². The highest BCUT2D eigenvalue weighted by Gasteiger charge is 2.17. The lowest BCUT2D eigenvalue weighted by Crippen LogP contribution is -2.35. The van der Waals surface area contributed by atoms with Gasteiger partial charge in [-0.25, -0.2) is 9.67 Å². The summed E-state index contributed by atoms with van der Waals surface area (Å²) in [5.74, 6) is 1.40. The van der Waals surface area contributed by atoms with Crippen LogP contribution in [0.3, 0.4) is 0 Å². The maximum Gasteiger partial charge on any atom is 0.255 e. The fraction of sp³-hybridized carbons (Fsp3) is 0.364. The minimum atomic E-state index is -0.299. The molecule has 3 heterocycles. The highest BCUT2D eigenvalue weighted by atomic mass is 16.7. The van der Waals surface area contributed by atoms with Crippen LogP contribution in [0.5, 0.6) is 11.5 Å². The van der Waals surface area contributed by atoms with Gasteiger partial charge in [-0.15, -0.1) is 0 Å². The van der Waals surface area contributed by atoms with Gasteiger partial charge in [-0.1, -0.05) is 19.4 Å². The predicted octanol–water partition coefficient (Wildman–Crippen LogP) is 2.04. The largest absolute Gasteiger partial charge is 0.454 e. The van der Waals surface area contributed by atoms with E-state index in [-0.39, 0.29) is 24.8 Å². The average Bonchev–Trinajstić information content (AvgIpc) is 3.33. The fourth-order valence-corrected chi connectivity index (χ4v) is 3.52. The molecule has 9 nitrogen and oxygen atoms in total. The normalized spacial score (nSPS) is 12.2. The first kappa shape index (κ1) is 20.6. The molecule has 2 aromatic heterocycles. The first-order chi connectivity index (χ1) is 14.9. The summed E-state index contributed by atoms with van der Waals surface area (Å²) >= 11 is 0. The zero-order chi connectivity index (χ0) is 22.0. The maximum absolute atomic E-state index is 12.8. The molecule has 31 heavy (non-hydrogen) atoms. The van der Waals surface area contributed by atoms with E-state index in [2.05, 4.69) is 15.4 Å². The summed E-state index contributed by atoms with van der Waals surface area (Å²) in [6.07, 6.45) is 1.54. The molecule has 162 valence electrons. The Morgan fingerprint density at radius 2 is 1.97 bits per heavy atom. The molecule has 4 rings (SSSR count). The number of fused-ring (bicyclic) bond motifs is 1. The fourth-order valence-electron chi connectivity index (χ4n) is 3.52. The summed E-state index contributed by atoms with van der Waals surface area (Å²) in [6, 6.07) is 8.90. The molecule has 0 atom stereocenters. The van der Waals surface area contributed by atoms with Crippen LogP contribution in [0.4, 0.5) is 0 Å². The van der Waals surface area contributed by atoms with Gasteiger partial charge in [0.1, 0.15) is 6.54 Å². The van der Waals surface area contributed by atoms with Crippen LogP contribution in [0.15, 0.2) is 35.1 Å². The molecular weight excluding hydrogens is 398 g/mol. The Bertz CT molecular complexity index is 1180. The monoisotopic (exact) mass is 423 g/mol. The minimum Gasteiger partial charge on any atom is -0.454 e. The second kappa shape index (κ2) is 8.63. The Morgan fingerprint density at radius 1 is 1.16 bits per heavy atom. The van der Waals surface area contributed by atoms with Crippen LogP contribution in [-0.4, -0.2) is 32.0 Å². The number of carbonyl (C=O) groups excluding carboxylic acids is 1. The Labute approximate surface area is 179 Å². The van der Waals surface area contributed by atoms with Gasteiger partial charge in [0.05, 0.1) is 5.69 Å². The molecule has 0 spiro atoms. The Kier molecular flexibility index (Phi) is 5.75. The summed E-state index contributed by atoms with van der Waals surface area (Å²) in [5, 5.41) is 7.31. The van der Waals surface area contributed by atoms with Gasteiger partial charge in [0.2, 0.25) is 18.6 Å².